The lowest BCUT2D eigenvalue weighted by Crippen LogP contribution is -2.48. The van der Waals surface area contributed by atoms with Crippen molar-refractivity contribution >= 4 is 16.6 Å². The zero-order valence-electron chi connectivity index (χ0n) is 19.8. The van der Waals surface area contributed by atoms with Gasteiger partial charge in [0.15, 0.2) is 0 Å². The minimum Gasteiger partial charge on any atom is -0.497 e. The van der Waals surface area contributed by atoms with E-state index in [1.807, 2.05) is 24.3 Å². The first-order chi connectivity index (χ1) is 16.0. The van der Waals surface area contributed by atoms with E-state index < -0.39 is 5.60 Å². The van der Waals surface area contributed by atoms with Crippen molar-refractivity contribution < 1.29 is 9.84 Å². The molecule has 33 heavy (non-hydrogen) atoms. The van der Waals surface area contributed by atoms with Crippen molar-refractivity contribution in [3.63, 3.8) is 0 Å². The van der Waals surface area contributed by atoms with Crippen LogP contribution in [0.5, 0.6) is 5.75 Å². The van der Waals surface area contributed by atoms with Gasteiger partial charge in [0.25, 0.3) is 0 Å². The predicted octanol–water partition coefficient (Wildman–Crippen LogP) is 5.07. The number of aromatic amines is 1. The number of aliphatic hydroxyl groups is 1. The molecule has 0 amide bonds. The lowest BCUT2D eigenvalue weighted by atomic mass is 9.61. The van der Waals surface area contributed by atoms with E-state index >= 15 is 0 Å². The maximum absolute atomic E-state index is 11.5. The maximum atomic E-state index is 11.5. The van der Waals surface area contributed by atoms with Gasteiger partial charge in [-0.15, -0.1) is 0 Å². The van der Waals surface area contributed by atoms with Crippen molar-refractivity contribution in [2.75, 3.05) is 27.2 Å². The molecule has 3 aliphatic carbocycles. The van der Waals surface area contributed by atoms with Gasteiger partial charge in [-0.25, -0.2) is 4.98 Å². The molecule has 0 aliphatic heterocycles. The van der Waals surface area contributed by atoms with E-state index in [9.17, 15) is 5.11 Å². The first-order valence-corrected chi connectivity index (χ1v) is 12.2. The molecule has 5 nitrogen and oxygen atoms in total. The number of ether oxygens (including phenoxy) is 1. The maximum Gasteiger partial charge on any atom is 0.119 e. The van der Waals surface area contributed by atoms with Gasteiger partial charge in [0.1, 0.15) is 11.6 Å². The molecule has 3 aromatic rings. The molecule has 0 unspecified atom stereocenters. The fourth-order valence-electron chi connectivity index (χ4n) is 5.75. The number of aromatic nitrogens is 2. The van der Waals surface area contributed by atoms with Crippen LogP contribution in [-0.2, 0) is 6.42 Å². The summed E-state index contributed by atoms with van der Waals surface area (Å²) in [5, 5.41) is 11.5. The number of fused-ring (bicyclic) bond motifs is 3. The Bertz CT molecular complexity index is 1100. The number of imidazole rings is 1. The van der Waals surface area contributed by atoms with Gasteiger partial charge in [0.2, 0.25) is 0 Å². The van der Waals surface area contributed by atoms with E-state index in [1.165, 1.54) is 17.6 Å². The molecule has 174 valence electrons. The lowest BCUT2D eigenvalue weighted by Gasteiger charge is -2.48. The third kappa shape index (κ3) is 4.71. The quantitative estimate of drug-likeness (QED) is 0.483. The van der Waals surface area contributed by atoms with Crippen LogP contribution in [0.25, 0.3) is 16.6 Å². The van der Waals surface area contributed by atoms with Gasteiger partial charge in [-0.3, -0.25) is 0 Å². The number of hydrogen-bond acceptors (Lipinski definition) is 4. The van der Waals surface area contributed by atoms with Crippen molar-refractivity contribution in [3.8, 4) is 5.75 Å². The molecule has 3 atom stereocenters. The third-order valence-corrected chi connectivity index (χ3v) is 7.66. The normalized spacial score (nSPS) is 24.4. The molecule has 5 heteroatoms. The number of nitrogens with one attached hydrogen (secondary N) is 1. The van der Waals surface area contributed by atoms with Gasteiger partial charge in [-0.2, -0.15) is 0 Å². The molecule has 1 saturated carbocycles. The van der Waals surface area contributed by atoms with Crippen molar-refractivity contribution in [1.29, 1.82) is 0 Å². The second-order valence-corrected chi connectivity index (χ2v) is 9.90. The molecule has 0 saturated heterocycles. The second-order valence-electron chi connectivity index (χ2n) is 9.90. The van der Waals surface area contributed by atoms with Crippen LogP contribution in [0, 0.1) is 11.8 Å². The molecule has 3 aliphatic rings. The average Bonchev–Trinajstić information content (AvgIpc) is 3.26. The smallest absolute Gasteiger partial charge is 0.119 e. The Hall–Kier alpha value is -2.63. The minimum absolute atomic E-state index is 0.243. The summed E-state index contributed by atoms with van der Waals surface area (Å²) in [6, 6.07) is 16.5. The SMILES string of the molecule is COc1cccc(C2=C[C@H]3CC[C@H]2C[C@]3(O)CCN(C)CCCc2nc3ccccc3[nH]2)c1. The summed E-state index contributed by atoms with van der Waals surface area (Å²) >= 11 is 0. The Morgan fingerprint density at radius 1 is 1.15 bits per heavy atom. The van der Waals surface area contributed by atoms with Crippen LogP contribution < -0.4 is 4.74 Å². The van der Waals surface area contributed by atoms with E-state index in [2.05, 4.69) is 52.3 Å². The van der Waals surface area contributed by atoms with Crippen LogP contribution in [0.1, 0.15) is 43.5 Å². The van der Waals surface area contributed by atoms with Gasteiger partial charge in [0, 0.05) is 18.9 Å². The zero-order valence-corrected chi connectivity index (χ0v) is 19.8. The minimum atomic E-state index is -0.585. The molecule has 2 N–H and O–H groups in total. The molecule has 0 spiro atoms. The fraction of sp³-hybridized carbons (Fsp3) is 0.464. The molecule has 2 bridgehead atoms. The predicted molar refractivity (Wildman–Crippen MR) is 133 cm³/mol. The highest BCUT2D eigenvalue weighted by Gasteiger charge is 2.46. The Morgan fingerprint density at radius 2 is 2.03 bits per heavy atom. The molecule has 6 rings (SSSR count). The fourth-order valence-corrected chi connectivity index (χ4v) is 5.75. The summed E-state index contributed by atoms with van der Waals surface area (Å²) < 4.78 is 5.42. The van der Waals surface area contributed by atoms with E-state index in [4.69, 9.17) is 4.74 Å². The summed E-state index contributed by atoms with van der Waals surface area (Å²) in [6.45, 7) is 1.92. The standard InChI is InChI=1S/C28H35N3O2/c1-31(15-6-11-27-29-25-9-3-4-10-26(25)30-27)16-14-28(32)19-21-12-13-22(28)18-24(21)20-7-5-8-23(17-20)33-2/h3-5,7-10,17-18,21-22,32H,6,11-16,19H2,1-2H3,(H,29,30)/t21-,22+,28+/m0/s1. The number of benzene rings is 2. The number of H-pyrrole nitrogens is 1. The number of aryl methyl sites for hydroxylation is 1. The van der Waals surface area contributed by atoms with Gasteiger partial charge in [-0.1, -0.05) is 30.3 Å². The third-order valence-electron chi connectivity index (χ3n) is 7.66. The van der Waals surface area contributed by atoms with Gasteiger partial charge < -0.3 is 19.7 Å². The van der Waals surface area contributed by atoms with Crippen LogP contribution >= 0.6 is 0 Å². The summed E-state index contributed by atoms with van der Waals surface area (Å²) in [7, 11) is 3.88. The molecule has 1 heterocycles. The molecule has 2 aromatic carbocycles. The van der Waals surface area contributed by atoms with E-state index in [0.717, 1.165) is 67.8 Å². The molecular formula is C28H35N3O2. The van der Waals surface area contributed by atoms with Gasteiger partial charge in [-0.05, 0) is 87.0 Å². The number of hydrogen-bond donors (Lipinski definition) is 2. The first kappa shape index (κ1) is 22.2. The van der Waals surface area contributed by atoms with E-state index in [-0.39, 0.29) is 5.92 Å². The van der Waals surface area contributed by atoms with Crippen molar-refractivity contribution in [2.45, 2.75) is 44.1 Å². The van der Waals surface area contributed by atoms with Crippen LogP contribution in [0.15, 0.2) is 54.6 Å². The number of nitrogens with zero attached hydrogens (tertiary/aromatic N) is 2. The highest BCUT2D eigenvalue weighted by atomic mass is 16.5. The molecule has 1 aromatic heterocycles. The zero-order chi connectivity index (χ0) is 22.8. The van der Waals surface area contributed by atoms with Crippen LogP contribution in [0.3, 0.4) is 0 Å². The second kappa shape index (κ2) is 9.32. The summed E-state index contributed by atoms with van der Waals surface area (Å²) in [5.74, 6) is 2.63. The number of methoxy groups -OCH3 is 1. The van der Waals surface area contributed by atoms with E-state index in [1.54, 1.807) is 7.11 Å². The number of allylic oxidation sites excluding steroid dienone is 1. The summed E-state index contributed by atoms with van der Waals surface area (Å²) in [6.07, 6.45) is 8.31. The number of rotatable bonds is 9. The first-order valence-electron chi connectivity index (χ1n) is 12.2. The van der Waals surface area contributed by atoms with Crippen LogP contribution in [0.2, 0.25) is 0 Å². The molecule has 0 radical (unpaired) electrons. The summed E-state index contributed by atoms with van der Waals surface area (Å²) in [5.41, 5.74) is 4.20. The Kier molecular flexibility index (Phi) is 6.26. The Morgan fingerprint density at radius 3 is 2.82 bits per heavy atom. The number of para-hydroxylation sites is 2. The molecular weight excluding hydrogens is 410 g/mol. The lowest BCUT2D eigenvalue weighted by molar-refractivity contribution is -0.0574. The highest BCUT2D eigenvalue weighted by Crippen LogP contribution is 2.51. The largest absolute Gasteiger partial charge is 0.497 e. The molecule has 1 fully saturated rings. The Balaban J connectivity index is 1.15. The van der Waals surface area contributed by atoms with Gasteiger partial charge in [0.05, 0.1) is 23.7 Å². The van der Waals surface area contributed by atoms with Crippen molar-refractivity contribution in [1.82, 2.24) is 14.9 Å². The van der Waals surface area contributed by atoms with Crippen molar-refractivity contribution in [3.05, 3.63) is 66.0 Å². The average molecular weight is 446 g/mol. The van der Waals surface area contributed by atoms with Crippen LogP contribution in [0.4, 0.5) is 0 Å². The van der Waals surface area contributed by atoms with Crippen molar-refractivity contribution in [2.24, 2.45) is 11.8 Å². The Labute approximate surface area is 196 Å². The highest BCUT2D eigenvalue weighted by molar-refractivity contribution is 5.74. The van der Waals surface area contributed by atoms with E-state index in [0.29, 0.717) is 5.92 Å². The van der Waals surface area contributed by atoms with Gasteiger partial charge >= 0.3 is 0 Å². The monoisotopic (exact) mass is 445 g/mol. The van der Waals surface area contributed by atoms with Crippen LogP contribution in [-0.4, -0.2) is 52.8 Å². The topological polar surface area (TPSA) is 61.4 Å². The summed E-state index contributed by atoms with van der Waals surface area (Å²) in [4.78, 5) is 10.5.